The molecule has 1 saturated carbocycles. The summed E-state index contributed by atoms with van der Waals surface area (Å²) in [7, 11) is 1.48. The van der Waals surface area contributed by atoms with Crippen LogP contribution in [-0.4, -0.2) is 46.1 Å². The zero-order valence-corrected chi connectivity index (χ0v) is 22.8. The summed E-state index contributed by atoms with van der Waals surface area (Å²) >= 11 is 0. The lowest BCUT2D eigenvalue weighted by atomic mass is 10.1. The van der Waals surface area contributed by atoms with Crippen LogP contribution in [0.25, 0.3) is 33.8 Å². The van der Waals surface area contributed by atoms with Crippen molar-refractivity contribution in [3.05, 3.63) is 80.8 Å². The molecule has 42 heavy (non-hydrogen) atoms. The second-order valence-electron chi connectivity index (χ2n) is 10.3. The molecule has 0 saturated heterocycles. The van der Waals surface area contributed by atoms with Crippen molar-refractivity contribution in [2.45, 2.75) is 51.4 Å². The number of H-pyrrole nitrogens is 1. The van der Waals surface area contributed by atoms with Gasteiger partial charge < -0.3 is 9.30 Å². The molecule has 0 aliphatic heterocycles. The summed E-state index contributed by atoms with van der Waals surface area (Å²) in [6.45, 7) is 3.57. The standard InChI is InChI=1S/C28H25F3N8O3/c1-14(2)38-12-19(28(29,30)31)35-23(38)17-6-4-15(5-7-17)11-39-24-18(25(40)37-27(39)41)10-32-22(36-24)20-21(16-8-9-16)33-13-34-26(20)42-3/h4-7,10,12-14,16H,8-9,11H2,1-3H3,(H,37,40,41). The lowest BCUT2D eigenvalue weighted by Gasteiger charge is -2.13. The molecule has 0 bridgehead atoms. The minimum absolute atomic E-state index is 0.0210. The lowest BCUT2D eigenvalue weighted by molar-refractivity contribution is -0.140. The SMILES string of the molecule is COc1ncnc(C2CC2)c1-c1ncc2c(=O)[nH]c(=O)n(Cc3ccc(-c4nc(C(F)(F)F)cn4C(C)C)cc3)c2n1. The Balaban J connectivity index is 1.41. The summed E-state index contributed by atoms with van der Waals surface area (Å²) in [6.07, 6.45) is 1.10. The predicted molar refractivity (Wildman–Crippen MR) is 146 cm³/mol. The Labute approximate surface area is 236 Å². The van der Waals surface area contributed by atoms with E-state index in [9.17, 15) is 22.8 Å². The third kappa shape index (κ3) is 4.92. The fourth-order valence-corrected chi connectivity index (χ4v) is 4.83. The third-order valence-electron chi connectivity index (χ3n) is 7.09. The van der Waals surface area contributed by atoms with Crippen molar-refractivity contribution < 1.29 is 17.9 Å². The van der Waals surface area contributed by atoms with Gasteiger partial charge in [-0.1, -0.05) is 24.3 Å². The zero-order chi connectivity index (χ0) is 29.8. The molecule has 1 aliphatic carbocycles. The Kier molecular flexibility index (Phi) is 6.62. The highest BCUT2D eigenvalue weighted by Gasteiger charge is 2.35. The number of hydrogen-bond acceptors (Lipinski definition) is 8. The Hall–Kier alpha value is -4.88. The number of benzene rings is 1. The van der Waals surface area contributed by atoms with E-state index in [1.807, 2.05) is 0 Å². The Morgan fingerprint density at radius 3 is 2.45 bits per heavy atom. The topological polar surface area (TPSA) is 133 Å². The summed E-state index contributed by atoms with van der Waals surface area (Å²) < 4.78 is 48.3. The number of imidazole rings is 1. The zero-order valence-electron chi connectivity index (χ0n) is 22.8. The molecule has 1 aliphatic rings. The molecule has 0 unspecified atom stereocenters. The summed E-state index contributed by atoms with van der Waals surface area (Å²) in [6, 6.07) is 6.41. The van der Waals surface area contributed by atoms with Crippen molar-refractivity contribution in [3.63, 3.8) is 0 Å². The summed E-state index contributed by atoms with van der Waals surface area (Å²) in [5, 5.41) is 0.109. The fourth-order valence-electron chi connectivity index (χ4n) is 4.83. The number of aromatic amines is 1. The van der Waals surface area contributed by atoms with E-state index >= 15 is 0 Å². The predicted octanol–water partition coefficient (Wildman–Crippen LogP) is 4.33. The molecule has 216 valence electrons. The Morgan fingerprint density at radius 2 is 1.81 bits per heavy atom. The smallest absolute Gasteiger partial charge is 0.434 e. The van der Waals surface area contributed by atoms with Crippen LogP contribution in [0, 0.1) is 0 Å². The minimum atomic E-state index is -4.57. The largest absolute Gasteiger partial charge is 0.480 e. The summed E-state index contributed by atoms with van der Waals surface area (Å²) in [4.78, 5) is 49.4. The molecule has 14 heteroatoms. The quantitative estimate of drug-likeness (QED) is 0.302. The average Bonchev–Trinajstić information content (AvgIpc) is 3.70. The molecule has 0 radical (unpaired) electrons. The highest BCUT2D eigenvalue weighted by Crippen LogP contribution is 2.44. The van der Waals surface area contributed by atoms with E-state index in [1.165, 1.54) is 28.8 Å². The maximum Gasteiger partial charge on any atom is 0.434 e. The molecular weight excluding hydrogens is 553 g/mol. The number of alkyl halides is 3. The average molecular weight is 579 g/mol. The number of hydrogen-bond donors (Lipinski definition) is 1. The number of methoxy groups -OCH3 is 1. The van der Waals surface area contributed by atoms with Crippen LogP contribution in [0.5, 0.6) is 5.88 Å². The number of aromatic nitrogens is 8. The molecule has 0 spiro atoms. The van der Waals surface area contributed by atoms with Gasteiger partial charge in [0.25, 0.3) is 5.56 Å². The molecule has 0 amide bonds. The number of nitrogens with one attached hydrogen (secondary N) is 1. The van der Waals surface area contributed by atoms with E-state index in [0.717, 1.165) is 24.7 Å². The van der Waals surface area contributed by atoms with Crippen molar-refractivity contribution >= 4 is 11.0 Å². The second kappa shape index (κ2) is 10.2. The van der Waals surface area contributed by atoms with Crippen LogP contribution >= 0.6 is 0 Å². The van der Waals surface area contributed by atoms with Gasteiger partial charge in [0.1, 0.15) is 23.1 Å². The van der Waals surface area contributed by atoms with Gasteiger partial charge in [-0.3, -0.25) is 14.3 Å². The molecule has 1 aromatic carbocycles. The van der Waals surface area contributed by atoms with Crippen molar-refractivity contribution in [2.75, 3.05) is 7.11 Å². The third-order valence-corrected chi connectivity index (χ3v) is 7.09. The van der Waals surface area contributed by atoms with E-state index in [-0.39, 0.29) is 47.1 Å². The first-order chi connectivity index (χ1) is 20.0. The van der Waals surface area contributed by atoms with Crippen LogP contribution in [0.4, 0.5) is 13.2 Å². The second-order valence-corrected chi connectivity index (χ2v) is 10.3. The van der Waals surface area contributed by atoms with Gasteiger partial charge in [-0.25, -0.2) is 29.7 Å². The highest BCUT2D eigenvalue weighted by atomic mass is 19.4. The van der Waals surface area contributed by atoms with E-state index < -0.39 is 23.1 Å². The molecular formula is C28H25F3N8O3. The summed E-state index contributed by atoms with van der Waals surface area (Å²) in [5.41, 5.74) is 0.203. The number of halogens is 3. The summed E-state index contributed by atoms with van der Waals surface area (Å²) in [5.74, 6) is 0.902. The maximum absolute atomic E-state index is 13.3. The van der Waals surface area contributed by atoms with Gasteiger partial charge >= 0.3 is 11.9 Å². The van der Waals surface area contributed by atoms with Crippen molar-refractivity contribution in [2.24, 2.45) is 0 Å². The van der Waals surface area contributed by atoms with Crippen LogP contribution in [0.3, 0.4) is 0 Å². The minimum Gasteiger partial charge on any atom is -0.480 e. The first-order valence-electron chi connectivity index (χ1n) is 13.2. The van der Waals surface area contributed by atoms with E-state index in [2.05, 4.69) is 29.9 Å². The number of ether oxygens (including phenoxy) is 1. The van der Waals surface area contributed by atoms with Crippen LogP contribution < -0.4 is 16.0 Å². The molecule has 4 heterocycles. The van der Waals surface area contributed by atoms with Crippen molar-refractivity contribution in [3.8, 4) is 28.7 Å². The van der Waals surface area contributed by atoms with Gasteiger partial charge in [0.05, 0.1) is 19.3 Å². The first kappa shape index (κ1) is 27.3. The molecule has 1 fully saturated rings. The fraction of sp³-hybridized carbons (Fsp3) is 0.321. The molecule has 4 aromatic heterocycles. The lowest BCUT2D eigenvalue weighted by Crippen LogP contribution is -2.31. The molecule has 1 N–H and O–H groups in total. The van der Waals surface area contributed by atoms with E-state index in [4.69, 9.17) is 4.74 Å². The van der Waals surface area contributed by atoms with Gasteiger partial charge in [-0.15, -0.1) is 0 Å². The number of fused-ring (bicyclic) bond motifs is 1. The van der Waals surface area contributed by atoms with Crippen LogP contribution in [-0.2, 0) is 12.7 Å². The van der Waals surface area contributed by atoms with Gasteiger partial charge in [0, 0.05) is 29.9 Å². The van der Waals surface area contributed by atoms with Gasteiger partial charge in [-0.05, 0) is 32.3 Å². The van der Waals surface area contributed by atoms with Gasteiger partial charge in [0.2, 0.25) is 5.88 Å². The molecule has 6 rings (SSSR count). The highest BCUT2D eigenvalue weighted by molar-refractivity contribution is 5.77. The molecule has 5 aromatic rings. The first-order valence-corrected chi connectivity index (χ1v) is 13.2. The number of nitrogens with zero attached hydrogens (tertiary/aromatic N) is 7. The normalized spacial score (nSPS) is 13.7. The Morgan fingerprint density at radius 1 is 1.07 bits per heavy atom. The van der Waals surface area contributed by atoms with Crippen LogP contribution in [0.1, 0.15) is 55.6 Å². The van der Waals surface area contributed by atoms with Crippen LogP contribution in [0.15, 0.2) is 52.6 Å². The maximum atomic E-state index is 13.3. The molecule has 11 nitrogen and oxygen atoms in total. The van der Waals surface area contributed by atoms with E-state index in [1.54, 1.807) is 38.1 Å². The molecule has 0 atom stereocenters. The monoisotopic (exact) mass is 578 g/mol. The van der Waals surface area contributed by atoms with Crippen LogP contribution in [0.2, 0.25) is 0 Å². The van der Waals surface area contributed by atoms with E-state index in [0.29, 0.717) is 16.7 Å². The van der Waals surface area contributed by atoms with Gasteiger partial charge in [0.15, 0.2) is 17.2 Å². The van der Waals surface area contributed by atoms with Crippen molar-refractivity contribution in [1.29, 1.82) is 0 Å². The van der Waals surface area contributed by atoms with Crippen molar-refractivity contribution in [1.82, 2.24) is 39.0 Å². The Bertz CT molecular complexity index is 1920. The van der Waals surface area contributed by atoms with Gasteiger partial charge in [-0.2, -0.15) is 13.2 Å². The number of rotatable bonds is 7.